The lowest BCUT2D eigenvalue weighted by atomic mass is 10.2. The summed E-state index contributed by atoms with van der Waals surface area (Å²) in [5.41, 5.74) is 0.897. The normalized spacial score (nSPS) is 10.1. The van der Waals surface area contributed by atoms with E-state index in [1.807, 2.05) is 0 Å². The van der Waals surface area contributed by atoms with Crippen LogP contribution in [0.15, 0.2) is 36.5 Å². The summed E-state index contributed by atoms with van der Waals surface area (Å²) in [6.07, 6.45) is 1.30. The molecule has 22 heavy (non-hydrogen) atoms. The lowest BCUT2D eigenvalue weighted by molar-refractivity contribution is -0.385. The molecular weight excluding hydrogens is 288 g/mol. The van der Waals surface area contributed by atoms with Crippen molar-refractivity contribution in [3.8, 4) is 11.6 Å². The second-order valence-corrected chi connectivity index (χ2v) is 4.44. The highest BCUT2D eigenvalue weighted by atomic mass is 16.6. The highest BCUT2D eigenvalue weighted by Gasteiger charge is 2.16. The molecule has 0 spiro atoms. The van der Waals surface area contributed by atoms with E-state index in [9.17, 15) is 14.9 Å². The molecule has 2 rings (SSSR count). The number of ether oxygens (including phenoxy) is 2. The molecule has 0 saturated carbocycles. The number of carbonyl (C=O) groups excluding carboxylic acids is 1. The Labute approximate surface area is 126 Å². The Bertz CT molecular complexity index is 698. The minimum Gasteiger partial charge on any atom is -0.462 e. The molecule has 0 fully saturated rings. The SMILES string of the molecule is CCOC(=O)c1ccc(Oc2ccc(C)cc2[N+](=O)[O-])nc1. The first-order chi connectivity index (χ1) is 10.5. The Morgan fingerprint density at radius 2 is 2.09 bits per heavy atom. The fourth-order valence-electron chi connectivity index (χ4n) is 1.74. The molecule has 1 aromatic heterocycles. The van der Waals surface area contributed by atoms with Gasteiger partial charge < -0.3 is 9.47 Å². The molecule has 0 aliphatic rings. The molecule has 1 aromatic carbocycles. The van der Waals surface area contributed by atoms with E-state index in [2.05, 4.69) is 4.98 Å². The quantitative estimate of drug-likeness (QED) is 0.478. The summed E-state index contributed by atoms with van der Waals surface area (Å²) >= 11 is 0. The molecule has 0 unspecified atom stereocenters. The van der Waals surface area contributed by atoms with Gasteiger partial charge in [0.15, 0.2) is 0 Å². The van der Waals surface area contributed by atoms with E-state index in [4.69, 9.17) is 9.47 Å². The molecule has 0 bridgehead atoms. The van der Waals surface area contributed by atoms with Crippen molar-refractivity contribution in [3.63, 3.8) is 0 Å². The van der Waals surface area contributed by atoms with Gasteiger partial charge in [-0.05, 0) is 31.5 Å². The molecule has 0 radical (unpaired) electrons. The first kappa shape index (κ1) is 15.4. The van der Waals surface area contributed by atoms with Crippen LogP contribution < -0.4 is 4.74 Å². The number of nitro groups is 1. The number of carbonyl (C=O) groups is 1. The van der Waals surface area contributed by atoms with Crippen molar-refractivity contribution >= 4 is 11.7 Å². The zero-order valence-electron chi connectivity index (χ0n) is 12.1. The summed E-state index contributed by atoms with van der Waals surface area (Å²) in [5, 5.41) is 11.0. The van der Waals surface area contributed by atoms with Crippen molar-refractivity contribution in [2.45, 2.75) is 13.8 Å². The average Bonchev–Trinajstić information content (AvgIpc) is 2.50. The molecule has 0 atom stereocenters. The lowest BCUT2D eigenvalue weighted by Gasteiger charge is -2.07. The van der Waals surface area contributed by atoms with Crippen LogP contribution in [0, 0.1) is 17.0 Å². The van der Waals surface area contributed by atoms with Crippen molar-refractivity contribution in [1.82, 2.24) is 4.98 Å². The van der Waals surface area contributed by atoms with Crippen LogP contribution in [-0.2, 0) is 4.74 Å². The third kappa shape index (κ3) is 3.57. The Morgan fingerprint density at radius 1 is 1.32 bits per heavy atom. The number of aromatic nitrogens is 1. The Hall–Kier alpha value is -2.96. The van der Waals surface area contributed by atoms with Gasteiger partial charge in [-0.3, -0.25) is 10.1 Å². The summed E-state index contributed by atoms with van der Waals surface area (Å²) in [6.45, 7) is 3.73. The maximum absolute atomic E-state index is 11.5. The molecule has 0 aliphatic carbocycles. The van der Waals surface area contributed by atoms with Gasteiger partial charge in [0.25, 0.3) is 0 Å². The maximum atomic E-state index is 11.5. The predicted molar refractivity (Wildman–Crippen MR) is 78.1 cm³/mol. The van der Waals surface area contributed by atoms with Gasteiger partial charge in [-0.1, -0.05) is 6.07 Å². The summed E-state index contributed by atoms with van der Waals surface area (Å²) in [6, 6.07) is 7.57. The minimum absolute atomic E-state index is 0.0898. The summed E-state index contributed by atoms with van der Waals surface area (Å²) in [4.78, 5) is 26.0. The number of pyridine rings is 1. The molecule has 1 heterocycles. The summed E-state index contributed by atoms with van der Waals surface area (Å²) in [5.74, 6) is -0.241. The second-order valence-electron chi connectivity index (χ2n) is 4.44. The summed E-state index contributed by atoms with van der Waals surface area (Å²) in [7, 11) is 0. The fourth-order valence-corrected chi connectivity index (χ4v) is 1.74. The van der Waals surface area contributed by atoms with Gasteiger partial charge in [0.2, 0.25) is 11.6 Å². The molecule has 0 N–H and O–H groups in total. The van der Waals surface area contributed by atoms with E-state index in [0.29, 0.717) is 0 Å². The van der Waals surface area contributed by atoms with Crippen LogP contribution in [0.1, 0.15) is 22.8 Å². The third-order valence-electron chi connectivity index (χ3n) is 2.77. The van der Waals surface area contributed by atoms with Crippen LogP contribution in [0.4, 0.5) is 5.69 Å². The number of esters is 1. The van der Waals surface area contributed by atoms with Crippen LogP contribution in [0.25, 0.3) is 0 Å². The van der Waals surface area contributed by atoms with Crippen molar-refractivity contribution in [2.24, 2.45) is 0 Å². The van der Waals surface area contributed by atoms with Crippen molar-refractivity contribution in [1.29, 1.82) is 0 Å². The molecular formula is C15H14N2O5. The van der Waals surface area contributed by atoms with Crippen molar-refractivity contribution in [3.05, 3.63) is 57.8 Å². The number of aryl methyl sites for hydroxylation is 1. The maximum Gasteiger partial charge on any atom is 0.339 e. The van der Waals surface area contributed by atoms with E-state index >= 15 is 0 Å². The van der Waals surface area contributed by atoms with Crippen LogP contribution in [-0.4, -0.2) is 22.5 Å². The smallest absolute Gasteiger partial charge is 0.339 e. The molecule has 7 heteroatoms. The monoisotopic (exact) mass is 302 g/mol. The first-order valence-electron chi connectivity index (χ1n) is 6.57. The average molecular weight is 302 g/mol. The van der Waals surface area contributed by atoms with E-state index in [-0.39, 0.29) is 29.5 Å². The number of benzene rings is 1. The number of nitro benzene ring substituents is 1. The number of hydrogen-bond acceptors (Lipinski definition) is 6. The molecule has 0 amide bonds. The van der Waals surface area contributed by atoms with Crippen LogP contribution in [0.3, 0.4) is 0 Å². The van der Waals surface area contributed by atoms with Gasteiger partial charge in [0, 0.05) is 18.3 Å². The number of hydrogen-bond donors (Lipinski definition) is 0. The fraction of sp³-hybridized carbons (Fsp3) is 0.200. The van der Waals surface area contributed by atoms with Gasteiger partial charge >= 0.3 is 11.7 Å². The van der Waals surface area contributed by atoms with Crippen LogP contribution in [0.5, 0.6) is 11.6 Å². The van der Waals surface area contributed by atoms with E-state index in [1.54, 1.807) is 19.9 Å². The lowest BCUT2D eigenvalue weighted by Crippen LogP contribution is -2.05. The standard InChI is InChI=1S/C15H14N2O5/c1-3-21-15(18)11-5-7-14(16-9-11)22-13-6-4-10(2)8-12(13)17(19)20/h4-9H,3H2,1-2H3. The number of nitrogens with zero attached hydrogens (tertiary/aromatic N) is 2. The van der Waals surface area contributed by atoms with Crippen molar-refractivity contribution < 1.29 is 19.2 Å². The van der Waals surface area contributed by atoms with Gasteiger partial charge in [0.1, 0.15) is 0 Å². The molecule has 2 aromatic rings. The summed E-state index contributed by atoms with van der Waals surface area (Å²) < 4.78 is 10.3. The highest BCUT2D eigenvalue weighted by Crippen LogP contribution is 2.31. The highest BCUT2D eigenvalue weighted by molar-refractivity contribution is 5.89. The molecule has 0 aliphatic heterocycles. The molecule has 7 nitrogen and oxygen atoms in total. The van der Waals surface area contributed by atoms with Gasteiger partial charge in [-0.2, -0.15) is 0 Å². The minimum atomic E-state index is -0.519. The van der Waals surface area contributed by atoms with Gasteiger partial charge in [0.05, 0.1) is 17.1 Å². The first-order valence-corrected chi connectivity index (χ1v) is 6.57. The van der Waals surface area contributed by atoms with E-state index in [1.165, 1.54) is 30.5 Å². The van der Waals surface area contributed by atoms with Crippen LogP contribution >= 0.6 is 0 Å². The van der Waals surface area contributed by atoms with E-state index < -0.39 is 10.9 Å². The van der Waals surface area contributed by atoms with Gasteiger partial charge in [-0.15, -0.1) is 0 Å². The number of rotatable bonds is 5. The molecule has 0 saturated heterocycles. The zero-order chi connectivity index (χ0) is 16.1. The van der Waals surface area contributed by atoms with Gasteiger partial charge in [-0.25, -0.2) is 9.78 Å². The largest absolute Gasteiger partial charge is 0.462 e. The Kier molecular flexibility index (Phi) is 4.67. The van der Waals surface area contributed by atoms with Crippen LogP contribution in [0.2, 0.25) is 0 Å². The Morgan fingerprint density at radius 3 is 2.68 bits per heavy atom. The molecule has 114 valence electrons. The van der Waals surface area contributed by atoms with E-state index in [0.717, 1.165) is 5.56 Å². The predicted octanol–water partition coefficient (Wildman–Crippen LogP) is 3.27. The Balaban J connectivity index is 2.21. The van der Waals surface area contributed by atoms with Crippen molar-refractivity contribution in [2.75, 3.05) is 6.61 Å². The second kappa shape index (κ2) is 6.66. The topological polar surface area (TPSA) is 91.6 Å². The zero-order valence-corrected chi connectivity index (χ0v) is 12.1. The third-order valence-corrected chi connectivity index (χ3v) is 2.77.